The normalized spacial score (nSPS) is 30.4. The second-order valence-corrected chi connectivity index (χ2v) is 7.93. The molecule has 4 N–H and O–H groups in total. The van der Waals surface area contributed by atoms with Crippen molar-refractivity contribution in [3.8, 4) is 0 Å². The van der Waals surface area contributed by atoms with Crippen molar-refractivity contribution < 1.29 is 25.2 Å². The second-order valence-electron chi connectivity index (χ2n) is 7.52. The summed E-state index contributed by atoms with van der Waals surface area (Å²) < 4.78 is 5.83. The first-order valence-electron chi connectivity index (χ1n) is 9.49. The van der Waals surface area contributed by atoms with E-state index in [1.54, 1.807) is 19.1 Å². The largest absolute Gasteiger partial charge is 0.394 e. The van der Waals surface area contributed by atoms with Gasteiger partial charge in [0.25, 0.3) is 0 Å². The van der Waals surface area contributed by atoms with Gasteiger partial charge >= 0.3 is 0 Å². The van der Waals surface area contributed by atoms with Crippen LogP contribution in [-0.4, -0.2) is 51.4 Å². The first-order valence-corrected chi connectivity index (χ1v) is 9.87. The summed E-state index contributed by atoms with van der Waals surface area (Å²) in [5, 5.41) is 40.9. The van der Waals surface area contributed by atoms with Crippen molar-refractivity contribution in [3.05, 3.63) is 69.7 Å². The number of rotatable bonds is 5. The van der Waals surface area contributed by atoms with Crippen LogP contribution in [0.1, 0.15) is 36.1 Å². The van der Waals surface area contributed by atoms with Crippen molar-refractivity contribution in [2.45, 2.75) is 56.7 Å². The molecule has 0 aromatic heterocycles. The fourth-order valence-electron chi connectivity index (χ4n) is 3.70. The van der Waals surface area contributed by atoms with Gasteiger partial charge in [0.1, 0.15) is 30.0 Å². The summed E-state index contributed by atoms with van der Waals surface area (Å²) in [5.74, 6) is 0. The van der Waals surface area contributed by atoms with E-state index in [2.05, 4.69) is 31.2 Å². The molecule has 1 aliphatic rings. The molecular weight excluding hydrogens is 380 g/mol. The molecule has 0 bridgehead atoms. The van der Waals surface area contributed by atoms with Gasteiger partial charge in [0.05, 0.1) is 6.61 Å². The van der Waals surface area contributed by atoms with E-state index in [0.717, 1.165) is 17.5 Å². The third-order valence-electron chi connectivity index (χ3n) is 5.64. The Bertz CT molecular complexity index is 807. The number of halogens is 1. The van der Waals surface area contributed by atoms with E-state index in [-0.39, 0.29) is 0 Å². The Kier molecular flexibility index (Phi) is 6.44. The maximum Gasteiger partial charge on any atom is 0.119 e. The standard InChI is InChI=1S/C22H27ClO5/c1-3-13-4-6-14(7-5-13)10-15-11-16(8-9-17(15)23)22(2)21(27)20(26)19(25)18(12-24)28-22/h4-9,11,18-21,24-27H,3,10,12H2,1-2H3/t18-,19-,20+,21-,22+/m1/s1. The molecule has 5 nitrogen and oxygen atoms in total. The van der Waals surface area contributed by atoms with Gasteiger partial charge in [0.15, 0.2) is 0 Å². The third kappa shape index (κ3) is 3.96. The van der Waals surface area contributed by atoms with Crippen LogP contribution < -0.4 is 0 Å². The highest BCUT2D eigenvalue weighted by Gasteiger charge is 2.51. The van der Waals surface area contributed by atoms with Crippen molar-refractivity contribution in [2.75, 3.05) is 6.61 Å². The zero-order valence-electron chi connectivity index (χ0n) is 16.0. The van der Waals surface area contributed by atoms with Gasteiger partial charge < -0.3 is 25.2 Å². The smallest absolute Gasteiger partial charge is 0.119 e. The molecule has 0 radical (unpaired) electrons. The van der Waals surface area contributed by atoms with Crippen LogP contribution >= 0.6 is 11.6 Å². The number of hydrogen-bond acceptors (Lipinski definition) is 5. The summed E-state index contributed by atoms with van der Waals surface area (Å²) in [6, 6.07) is 13.6. The summed E-state index contributed by atoms with van der Waals surface area (Å²) in [7, 11) is 0. The monoisotopic (exact) mass is 406 g/mol. The molecule has 2 aromatic rings. The van der Waals surface area contributed by atoms with E-state index in [1.807, 2.05) is 6.07 Å². The minimum atomic E-state index is -1.43. The van der Waals surface area contributed by atoms with Crippen LogP contribution in [0.15, 0.2) is 42.5 Å². The Labute approximate surface area is 170 Å². The van der Waals surface area contributed by atoms with Crippen LogP contribution in [0.25, 0.3) is 0 Å². The predicted molar refractivity (Wildman–Crippen MR) is 107 cm³/mol. The summed E-state index contributed by atoms with van der Waals surface area (Å²) in [6.07, 6.45) is -3.57. The number of aryl methyl sites for hydroxylation is 1. The number of hydrogen-bond donors (Lipinski definition) is 4. The van der Waals surface area contributed by atoms with Gasteiger partial charge in [-0.2, -0.15) is 0 Å². The minimum absolute atomic E-state index is 0.467. The van der Waals surface area contributed by atoms with E-state index >= 15 is 0 Å². The van der Waals surface area contributed by atoms with Gasteiger partial charge in [-0.05, 0) is 48.1 Å². The molecule has 152 valence electrons. The number of benzene rings is 2. The molecule has 2 aromatic carbocycles. The molecule has 28 heavy (non-hydrogen) atoms. The van der Waals surface area contributed by atoms with Gasteiger partial charge in [-0.25, -0.2) is 0 Å². The van der Waals surface area contributed by atoms with Crippen molar-refractivity contribution in [1.29, 1.82) is 0 Å². The van der Waals surface area contributed by atoms with E-state index in [4.69, 9.17) is 16.3 Å². The first-order chi connectivity index (χ1) is 13.3. The molecule has 6 heteroatoms. The number of aliphatic hydroxyl groups is 4. The second kappa shape index (κ2) is 8.49. The molecule has 3 rings (SSSR count). The molecule has 1 fully saturated rings. The van der Waals surface area contributed by atoms with Crippen LogP contribution in [0.3, 0.4) is 0 Å². The average molecular weight is 407 g/mol. The summed E-state index contributed by atoms with van der Waals surface area (Å²) in [4.78, 5) is 0. The Morgan fingerprint density at radius 2 is 1.64 bits per heavy atom. The van der Waals surface area contributed by atoms with Crippen molar-refractivity contribution >= 4 is 11.6 Å². The summed E-state index contributed by atoms with van der Waals surface area (Å²) in [5.41, 5.74) is 2.56. The lowest BCUT2D eigenvalue weighted by atomic mass is 9.80. The van der Waals surface area contributed by atoms with Gasteiger partial charge in [-0.15, -0.1) is 0 Å². The Balaban J connectivity index is 1.92. The highest BCUT2D eigenvalue weighted by molar-refractivity contribution is 6.31. The molecule has 0 amide bonds. The van der Waals surface area contributed by atoms with Gasteiger partial charge in [0.2, 0.25) is 0 Å². The zero-order valence-corrected chi connectivity index (χ0v) is 16.8. The molecule has 0 spiro atoms. The zero-order chi connectivity index (χ0) is 20.5. The van der Waals surface area contributed by atoms with E-state index in [9.17, 15) is 20.4 Å². The van der Waals surface area contributed by atoms with Gasteiger partial charge in [-0.1, -0.05) is 54.9 Å². The molecule has 0 saturated carbocycles. The predicted octanol–water partition coefficient (Wildman–Crippen LogP) is 2.18. The van der Waals surface area contributed by atoms with E-state index in [1.165, 1.54) is 5.56 Å². The molecule has 1 aliphatic heterocycles. The third-order valence-corrected chi connectivity index (χ3v) is 6.01. The molecule has 5 atom stereocenters. The van der Waals surface area contributed by atoms with Gasteiger partial charge in [-0.3, -0.25) is 0 Å². The minimum Gasteiger partial charge on any atom is -0.394 e. The van der Waals surface area contributed by atoms with Crippen LogP contribution in [0, 0.1) is 0 Å². The highest BCUT2D eigenvalue weighted by Crippen LogP contribution is 2.39. The fourth-order valence-corrected chi connectivity index (χ4v) is 3.89. The highest BCUT2D eigenvalue weighted by atomic mass is 35.5. The SMILES string of the molecule is CCc1ccc(Cc2cc([C@]3(C)O[C@H](CO)[C@@H](O)[C@H](O)[C@H]3O)ccc2Cl)cc1. The topological polar surface area (TPSA) is 90.2 Å². The van der Waals surface area contributed by atoms with Crippen molar-refractivity contribution in [3.63, 3.8) is 0 Å². The number of aliphatic hydroxyl groups excluding tert-OH is 4. The van der Waals surface area contributed by atoms with E-state index < -0.39 is 36.6 Å². The lowest BCUT2D eigenvalue weighted by Crippen LogP contribution is -2.62. The molecule has 0 unspecified atom stereocenters. The quantitative estimate of drug-likeness (QED) is 0.611. The van der Waals surface area contributed by atoms with Crippen LogP contribution in [-0.2, 0) is 23.2 Å². The lowest BCUT2D eigenvalue weighted by Gasteiger charge is -2.47. The Hall–Kier alpha value is -1.47. The van der Waals surface area contributed by atoms with E-state index in [0.29, 0.717) is 17.0 Å². The maximum atomic E-state index is 10.6. The molecule has 1 heterocycles. The first kappa shape index (κ1) is 21.2. The molecule has 1 saturated heterocycles. The molecule has 0 aliphatic carbocycles. The van der Waals surface area contributed by atoms with Crippen LogP contribution in [0.2, 0.25) is 5.02 Å². The number of ether oxygens (including phenoxy) is 1. The summed E-state index contributed by atoms with van der Waals surface area (Å²) in [6.45, 7) is 3.28. The van der Waals surface area contributed by atoms with Crippen molar-refractivity contribution in [2.24, 2.45) is 0 Å². The Morgan fingerprint density at radius 1 is 1.00 bits per heavy atom. The van der Waals surface area contributed by atoms with Gasteiger partial charge in [0, 0.05) is 5.02 Å². The fraction of sp³-hybridized carbons (Fsp3) is 0.455. The summed E-state index contributed by atoms with van der Waals surface area (Å²) >= 11 is 6.40. The maximum absolute atomic E-state index is 10.6. The van der Waals surface area contributed by atoms with Crippen LogP contribution in [0.5, 0.6) is 0 Å². The van der Waals surface area contributed by atoms with Crippen LogP contribution in [0.4, 0.5) is 0 Å². The Morgan fingerprint density at radius 3 is 2.25 bits per heavy atom. The lowest BCUT2D eigenvalue weighted by molar-refractivity contribution is -0.273. The molecular formula is C22H27ClO5. The van der Waals surface area contributed by atoms with Crippen molar-refractivity contribution in [1.82, 2.24) is 0 Å². The average Bonchev–Trinajstić information content (AvgIpc) is 2.71.